The molecule has 0 amide bonds. The van der Waals surface area contributed by atoms with Gasteiger partial charge in [-0.15, -0.1) is 0 Å². The van der Waals surface area contributed by atoms with Crippen molar-refractivity contribution in [1.29, 1.82) is 0 Å². The van der Waals surface area contributed by atoms with E-state index in [1.165, 1.54) is 16.5 Å². The molecule has 0 aliphatic rings. The average Bonchev–Trinajstić information content (AvgIpc) is 3.14. The maximum atomic E-state index is 6.13. The molecule has 3 heterocycles. The molecule has 1 unspecified atom stereocenters. The number of pyridine rings is 1. The summed E-state index contributed by atoms with van der Waals surface area (Å²) in [6, 6.07) is 6.58. The Hall–Kier alpha value is -1.65. The van der Waals surface area contributed by atoms with Gasteiger partial charge in [-0.25, -0.2) is 4.98 Å². The van der Waals surface area contributed by atoms with Crippen LogP contribution in [0.2, 0.25) is 0 Å². The summed E-state index contributed by atoms with van der Waals surface area (Å²) in [4.78, 5) is 4.56. The molecule has 3 rings (SSSR count). The summed E-state index contributed by atoms with van der Waals surface area (Å²) in [6.45, 7) is 3.10. The molecule has 0 saturated carbocycles. The minimum absolute atomic E-state index is 0.223. The summed E-state index contributed by atoms with van der Waals surface area (Å²) >= 11 is 1.75. The van der Waals surface area contributed by atoms with Crippen LogP contribution >= 0.6 is 11.3 Å². The monoisotopic (exact) mass is 299 g/mol. The number of fused-ring (bicyclic) bond motifs is 1. The standard InChI is InChI=1S/C17H21N3S/c1-2-15(18)10-14-11-20(8-5-13-6-9-21-12-13)17-16(14)4-3-7-19-17/h3-4,6-7,9,11-12,15H,2,5,8,10,18H2,1H3. The first-order valence-electron chi connectivity index (χ1n) is 7.47. The molecule has 0 aliphatic heterocycles. The van der Waals surface area contributed by atoms with Crippen molar-refractivity contribution in [3.05, 3.63) is 52.5 Å². The third-order valence-corrected chi connectivity index (χ3v) is 4.68. The Kier molecular flexibility index (Phi) is 4.36. The van der Waals surface area contributed by atoms with Gasteiger partial charge in [0.05, 0.1) is 0 Å². The van der Waals surface area contributed by atoms with Gasteiger partial charge in [0.15, 0.2) is 0 Å². The van der Waals surface area contributed by atoms with Crippen molar-refractivity contribution in [2.75, 3.05) is 0 Å². The molecule has 0 spiro atoms. The zero-order valence-electron chi connectivity index (χ0n) is 12.3. The third-order valence-electron chi connectivity index (χ3n) is 3.94. The Balaban J connectivity index is 1.87. The number of aryl methyl sites for hydroxylation is 2. The van der Waals surface area contributed by atoms with Gasteiger partial charge in [0.2, 0.25) is 0 Å². The molecule has 0 aliphatic carbocycles. The molecular weight excluding hydrogens is 278 g/mol. The van der Waals surface area contributed by atoms with E-state index in [-0.39, 0.29) is 6.04 Å². The average molecular weight is 299 g/mol. The largest absolute Gasteiger partial charge is 0.332 e. The predicted molar refractivity (Wildman–Crippen MR) is 89.7 cm³/mol. The fraction of sp³-hybridized carbons (Fsp3) is 0.353. The first kappa shape index (κ1) is 14.3. The normalized spacial score (nSPS) is 12.9. The Morgan fingerprint density at radius 3 is 3.05 bits per heavy atom. The highest BCUT2D eigenvalue weighted by Gasteiger charge is 2.11. The van der Waals surface area contributed by atoms with E-state index in [1.54, 1.807) is 11.3 Å². The number of nitrogens with zero attached hydrogens (tertiary/aromatic N) is 2. The number of rotatable bonds is 6. The fourth-order valence-electron chi connectivity index (χ4n) is 2.64. The quantitative estimate of drug-likeness (QED) is 0.755. The van der Waals surface area contributed by atoms with Crippen LogP contribution in [-0.4, -0.2) is 15.6 Å². The van der Waals surface area contributed by atoms with E-state index in [1.807, 2.05) is 12.3 Å². The summed E-state index contributed by atoms with van der Waals surface area (Å²) < 4.78 is 2.27. The minimum Gasteiger partial charge on any atom is -0.332 e. The molecule has 3 nitrogen and oxygen atoms in total. The van der Waals surface area contributed by atoms with Gasteiger partial charge in [0, 0.05) is 30.4 Å². The molecule has 0 fully saturated rings. The van der Waals surface area contributed by atoms with Gasteiger partial charge in [-0.3, -0.25) is 0 Å². The summed E-state index contributed by atoms with van der Waals surface area (Å²) in [7, 11) is 0. The molecule has 0 bridgehead atoms. The predicted octanol–water partition coefficient (Wildman–Crippen LogP) is 3.62. The van der Waals surface area contributed by atoms with Crippen LogP contribution in [0.1, 0.15) is 24.5 Å². The molecular formula is C17H21N3S. The first-order chi connectivity index (χ1) is 10.3. The van der Waals surface area contributed by atoms with Crippen molar-refractivity contribution in [2.45, 2.75) is 38.8 Å². The molecule has 3 aromatic rings. The molecule has 4 heteroatoms. The van der Waals surface area contributed by atoms with E-state index < -0.39 is 0 Å². The molecule has 0 saturated heterocycles. The van der Waals surface area contributed by atoms with Crippen molar-refractivity contribution < 1.29 is 0 Å². The molecule has 2 N–H and O–H groups in total. The van der Waals surface area contributed by atoms with E-state index >= 15 is 0 Å². The van der Waals surface area contributed by atoms with Gasteiger partial charge in [-0.05, 0) is 59.3 Å². The highest BCUT2D eigenvalue weighted by Crippen LogP contribution is 2.21. The lowest BCUT2D eigenvalue weighted by molar-refractivity contribution is 0.644. The summed E-state index contributed by atoms with van der Waals surface area (Å²) in [5.41, 5.74) is 9.91. The zero-order chi connectivity index (χ0) is 14.7. The minimum atomic E-state index is 0.223. The number of hydrogen-bond donors (Lipinski definition) is 1. The molecule has 0 radical (unpaired) electrons. The second-order valence-electron chi connectivity index (χ2n) is 5.48. The van der Waals surface area contributed by atoms with Crippen LogP contribution in [0, 0.1) is 0 Å². The van der Waals surface area contributed by atoms with Crippen LogP contribution in [0.25, 0.3) is 11.0 Å². The SMILES string of the molecule is CCC(N)Cc1cn(CCc2ccsc2)c2ncccc12. The Labute approximate surface area is 129 Å². The third kappa shape index (κ3) is 3.17. The van der Waals surface area contributed by atoms with Crippen LogP contribution in [0.15, 0.2) is 41.4 Å². The number of thiophene rings is 1. The van der Waals surface area contributed by atoms with E-state index in [9.17, 15) is 0 Å². The first-order valence-corrected chi connectivity index (χ1v) is 8.41. The number of nitrogens with two attached hydrogens (primary N) is 1. The van der Waals surface area contributed by atoms with Crippen LogP contribution in [0.3, 0.4) is 0 Å². The maximum absolute atomic E-state index is 6.13. The van der Waals surface area contributed by atoms with Gasteiger partial charge in [0.1, 0.15) is 5.65 Å². The Bertz CT molecular complexity index is 700. The highest BCUT2D eigenvalue weighted by atomic mass is 32.1. The van der Waals surface area contributed by atoms with Gasteiger partial charge in [-0.1, -0.05) is 6.92 Å². The van der Waals surface area contributed by atoms with E-state index in [0.717, 1.165) is 31.5 Å². The molecule has 110 valence electrons. The van der Waals surface area contributed by atoms with Crippen molar-refractivity contribution in [3.63, 3.8) is 0 Å². The van der Waals surface area contributed by atoms with Crippen molar-refractivity contribution in [1.82, 2.24) is 9.55 Å². The lowest BCUT2D eigenvalue weighted by Gasteiger charge is -2.06. The van der Waals surface area contributed by atoms with Crippen LogP contribution in [0.5, 0.6) is 0 Å². The lowest BCUT2D eigenvalue weighted by Crippen LogP contribution is -2.21. The van der Waals surface area contributed by atoms with Crippen molar-refractivity contribution in [2.24, 2.45) is 5.73 Å². The smallest absolute Gasteiger partial charge is 0.140 e. The van der Waals surface area contributed by atoms with Crippen LogP contribution in [-0.2, 0) is 19.4 Å². The van der Waals surface area contributed by atoms with Crippen molar-refractivity contribution >= 4 is 22.4 Å². The van der Waals surface area contributed by atoms with Gasteiger partial charge in [0.25, 0.3) is 0 Å². The Morgan fingerprint density at radius 2 is 2.29 bits per heavy atom. The number of aromatic nitrogens is 2. The van der Waals surface area contributed by atoms with Crippen LogP contribution < -0.4 is 5.73 Å². The number of hydrogen-bond acceptors (Lipinski definition) is 3. The van der Waals surface area contributed by atoms with E-state index in [0.29, 0.717) is 0 Å². The summed E-state index contributed by atoms with van der Waals surface area (Å²) in [5, 5.41) is 5.59. The second-order valence-corrected chi connectivity index (χ2v) is 6.26. The van der Waals surface area contributed by atoms with Crippen LogP contribution in [0.4, 0.5) is 0 Å². The molecule has 21 heavy (non-hydrogen) atoms. The zero-order valence-corrected chi connectivity index (χ0v) is 13.1. The van der Waals surface area contributed by atoms with Gasteiger partial charge >= 0.3 is 0 Å². The fourth-order valence-corrected chi connectivity index (χ4v) is 3.34. The molecule has 3 aromatic heterocycles. The highest BCUT2D eigenvalue weighted by molar-refractivity contribution is 7.07. The lowest BCUT2D eigenvalue weighted by atomic mass is 10.1. The van der Waals surface area contributed by atoms with E-state index in [4.69, 9.17) is 5.73 Å². The second kappa shape index (κ2) is 6.41. The summed E-state index contributed by atoms with van der Waals surface area (Å²) in [5.74, 6) is 0. The topological polar surface area (TPSA) is 43.8 Å². The molecule has 1 atom stereocenters. The maximum Gasteiger partial charge on any atom is 0.140 e. The van der Waals surface area contributed by atoms with Gasteiger partial charge < -0.3 is 10.3 Å². The Morgan fingerprint density at radius 1 is 1.38 bits per heavy atom. The van der Waals surface area contributed by atoms with Gasteiger partial charge in [-0.2, -0.15) is 11.3 Å². The molecule has 0 aromatic carbocycles. The van der Waals surface area contributed by atoms with Crippen molar-refractivity contribution in [3.8, 4) is 0 Å². The van der Waals surface area contributed by atoms with E-state index in [2.05, 4.69) is 45.6 Å². The summed E-state index contributed by atoms with van der Waals surface area (Å²) in [6.07, 6.45) is 7.07.